The minimum Gasteiger partial charge on any atom is -0.462 e. The summed E-state index contributed by atoms with van der Waals surface area (Å²) in [5, 5.41) is 0. The molecule has 0 unspecified atom stereocenters. The summed E-state index contributed by atoms with van der Waals surface area (Å²) in [4.78, 5) is 47.5. The van der Waals surface area contributed by atoms with Gasteiger partial charge in [-0.1, -0.05) is 36.4 Å². The summed E-state index contributed by atoms with van der Waals surface area (Å²) in [6, 6.07) is 16.3. The second-order valence-electron chi connectivity index (χ2n) is 6.22. The first-order chi connectivity index (χ1) is 14.4. The van der Waals surface area contributed by atoms with E-state index < -0.39 is 36.1 Å². The molecule has 0 aromatic heterocycles. The van der Waals surface area contributed by atoms with Crippen molar-refractivity contribution in [1.82, 2.24) is 0 Å². The molecular formula is C22H22O8. The average molecular weight is 414 g/mol. The summed E-state index contributed by atoms with van der Waals surface area (Å²) in [5.41, 5.74) is 0.511. The predicted molar refractivity (Wildman–Crippen MR) is 105 cm³/mol. The average Bonchev–Trinajstić information content (AvgIpc) is 2.74. The van der Waals surface area contributed by atoms with E-state index in [2.05, 4.69) is 0 Å². The maximum Gasteiger partial charge on any atom is 0.338 e. The first-order valence-electron chi connectivity index (χ1n) is 9.15. The van der Waals surface area contributed by atoms with Crippen LogP contribution in [0.15, 0.2) is 60.7 Å². The fourth-order valence-corrected chi connectivity index (χ4v) is 2.39. The predicted octanol–water partition coefficient (Wildman–Crippen LogP) is 2.56. The Morgan fingerprint density at radius 2 is 0.967 bits per heavy atom. The molecule has 0 aliphatic carbocycles. The highest BCUT2D eigenvalue weighted by atomic mass is 16.6. The molecule has 0 saturated heterocycles. The fourth-order valence-electron chi connectivity index (χ4n) is 2.39. The van der Waals surface area contributed by atoms with Gasteiger partial charge < -0.3 is 18.9 Å². The molecule has 0 heterocycles. The van der Waals surface area contributed by atoms with Crippen molar-refractivity contribution < 1.29 is 38.1 Å². The number of carbonyl (C=O) groups excluding carboxylic acids is 4. The van der Waals surface area contributed by atoms with Crippen molar-refractivity contribution in [2.45, 2.75) is 26.1 Å². The number of hydrogen-bond donors (Lipinski definition) is 0. The van der Waals surface area contributed by atoms with Crippen molar-refractivity contribution in [2.24, 2.45) is 0 Å². The van der Waals surface area contributed by atoms with Crippen LogP contribution in [-0.4, -0.2) is 49.3 Å². The third kappa shape index (κ3) is 7.38. The van der Waals surface area contributed by atoms with Gasteiger partial charge in [0.2, 0.25) is 0 Å². The standard InChI is InChI=1S/C22H22O8/c1-15(23)27-13-19(29-21(25)17-9-5-3-6-10-17)20(14-28-16(2)24)30-22(26)18-11-7-4-8-12-18/h3-12,19-20H,13-14H2,1-2H3/t19-,20-/m0/s1. The lowest BCUT2D eigenvalue weighted by Crippen LogP contribution is -2.42. The van der Waals surface area contributed by atoms with Crippen molar-refractivity contribution >= 4 is 23.9 Å². The Bertz CT molecular complexity index is 790. The number of esters is 4. The van der Waals surface area contributed by atoms with E-state index in [1.165, 1.54) is 13.8 Å². The molecule has 0 saturated carbocycles. The van der Waals surface area contributed by atoms with E-state index in [-0.39, 0.29) is 24.3 Å². The van der Waals surface area contributed by atoms with Gasteiger partial charge in [0.1, 0.15) is 13.2 Å². The Hall–Kier alpha value is -3.68. The van der Waals surface area contributed by atoms with Gasteiger partial charge >= 0.3 is 23.9 Å². The van der Waals surface area contributed by atoms with Gasteiger partial charge in [-0.25, -0.2) is 9.59 Å². The fraction of sp³-hybridized carbons (Fsp3) is 0.273. The zero-order chi connectivity index (χ0) is 21.9. The summed E-state index contributed by atoms with van der Waals surface area (Å²) in [6.45, 7) is 1.60. The van der Waals surface area contributed by atoms with Gasteiger partial charge in [-0.15, -0.1) is 0 Å². The summed E-state index contributed by atoms with van der Waals surface area (Å²) >= 11 is 0. The number of carbonyl (C=O) groups is 4. The molecule has 158 valence electrons. The normalized spacial score (nSPS) is 12.2. The second-order valence-corrected chi connectivity index (χ2v) is 6.22. The maximum atomic E-state index is 12.5. The Kier molecular flexibility index (Phi) is 8.56. The van der Waals surface area contributed by atoms with Crippen molar-refractivity contribution in [2.75, 3.05) is 13.2 Å². The van der Waals surface area contributed by atoms with E-state index in [1.807, 2.05) is 0 Å². The quantitative estimate of drug-likeness (QED) is 0.455. The molecule has 2 atom stereocenters. The first kappa shape index (κ1) is 22.6. The third-order valence-corrected chi connectivity index (χ3v) is 3.85. The SMILES string of the molecule is CC(=O)OC[C@H](OC(=O)c1ccccc1)[C@H](COC(C)=O)OC(=O)c1ccccc1. The van der Waals surface area contributed by atoms with Crippen LogP contribution in [0.5, 0.6) is 0 Å². The highest BCUT2D eigenvalue weighted by molar-refractivity contribution is 5.90. The van der Waals surface area contributed by atoms with Crippen molar-refractivity contribution in [3.63, 3.8) is 0 Å². The number of benzene rings is 2. The molecule has 0 amide bonds. The summed E-state index contributed by atoms with van der Waals surface area (Å²) in [7, 11) is 0. The van der Waals surface area contributed by atoms with Crippen LogP contribution in [0.2, 0.25) is 0 Å². The largest absolute Gasteiger partial charge is 0.462 e. The number of hydrogen-bond acceptors (Lipinski definition) is 8. The van der Waals surface area contributed by atoms with Gasteiger partial charge in [0.05, 0.1) is 11.1 Å². The zero-order valence-corrected chi connectivity index (χ0v) is 16.6. The highest BCUT2D eigenvalue weighted by Crippen LogP contribution is 2.14. The molecule has 2 aromatic carbocycles. The summed E-state index contributed by atoms with van der Waals surface area (Å²) in [5.74, 6) is -2.65. The van der Waals surface area contributed by atoms with Gasteiger partial charge in [-0.05, 0) is 24.3 Å². The van der Waals surface area contributed by atoms with Crippen LogP contribution in [0, 0.1) is 0 Å². The van der Waals surface area contributed by atoms with Gasteiger partial charge in [0.15, 0.2) is 12.2 Å². The van der Waals surface area contributed by atoms with Crippen LogP contribution in [0.4, 0.5) is 0 Å². The minimum atomic E-state index is -1.20. The van der Waals surface area contributed by atoms with Crippen molar-refractivity contribution in [3.8, 4) is 0 Å². The summed E-state index contributed by atoms with van der Waals surface area (Å²) in [6.07, 6.45) is -2.40. The first-order valence-corrected chi connectivity index (χ1v) is 9.15. The Labute approximate surface area is 173 Å². The van der Waals surface area contributed by atoms with E-state index in [9.17, 15) is 19.2 Å². The smallest absolute Gasteiger partial charge is 0.338 e. The maximum absolute atomic E-state index is 12.5. The molecular weight excluding hydrogens is 392 g/mol. The van der Waals surface area contributed by atoms with Crippen LogP contribution in [0.3, 0.4) is 0 Å². The lowest BCUT2D eigenvalue weighted by atomic mass is 10.2. The minimum absolute atomic E-state index is 0.256. The molecule has 8 heteroatoms. The Balaban J connectivity index is 2.23. The zero-order valence-electron chi connectivity index (χ0n) is 16.6. The van der Waals surface area contributed by atoms with E-state index in [0.717, 1.165) is 0 Å². The Morgan fingerprint density at radius 3 is 1.27 bits per heavy atom. The van der Waals surface area contributed by atoms with Crippen molar-refractivity contribution in [3.05, 3.63) is 71.8 Å². The lowest BCUT2D eigenvalue weighted by Gasteiger charge is -2.26. The topological polar surface area (TPSA) is 105 Å². The molecule has 8 nitrogen and oxygen atoms in total. The molecule has 0 fully saturated rings. The van der Waals surface area contributed by atoms with Gasteiger partial charge in [-0.2, -0.15) is 0 Å². The van der Waals surface area contributed by atoms with Gasteiger partial charge in [0.25, 0.3) is 0 Å². The van der Waals surface area contributed by atoms with Gasteiger partial charge in [-0.3, -0.25) is 9.59 Å². The molecule has 2 rings (SSSR count). The monoisotopic (exact) mass is 414 g/mol. The van der Waals surface area contributed by atoms with Crippen LogP contribution < -0.4 is 0 Å². The van der Waals surface area contributed by atoms with Crippen LogP contribution in [-0.2, 0) is 28.5 Å². The number of ether oxygens (including phenoxy) is 4. The highest BCUT2D eigenvalue weighted by Gasteiger charge is 2.32. The molecule has 30 heavy (non-hydrogen) atoms. The molecule has 2 aromatic rings. The van der Waals surface area contributed by atoms with E-state index >= 15 is 0 Å². The van der Waals surface area contributed by atoms with E-state index in [4.69, 9.17) is 18.9 Å². The summed E-state index contributed by atoms with van der Waals surface area (Å²) < 4.78 is 20.8. The van der Waals surface area contributed by atoms with Crippen molar-refractivity contribution in [1.29, 1.82) is 0 Å². The van der Waals surface area contributed by atoms with Gasteiger partial charge in [0, 0.05) is 13.8 Å². The second kappa shape index (κ2) is 11.4. The number of rotatable bonds is 9. The molecule has 0 aliphatic rings. The molecule has 0 N–H and O–H groups in total. The molecule has 0 spiro atoms. The van der Waals surface area contributed by atoms with Crippen LogP contribution in [0.25, 0.3) is 0 Å². The molecule has 0 aliphatic heterocycles. The lowest BCUT2D eigenvalue weighted by molar-refractivity contribution is -0.154. The Morgan fingerprint density at radius 1 is 0.633 bits per heavy atom. The van der Waals surface area contributed by atoms with Crippen LogP contribution >= 0.6 is 0 Å². The molecule has 0 bridgehead atoms. The van der Waals surface area contributed by atoms with E-state index in [0.29, 0.717) is 0 Å². The third-order valence-electron chi connectivity index (χ3n) is 3.85. The van der Waals surface area contributed by atoms with Crippen LogP contribution in [0.1, 0.15) is 34.6 Å². The van der Waals surface area contributed by atoms with E-state index in [1.54, 1.807) is 60.7 Å². The molecule has 0 radical (unpaired) electrons.